The van der Waals surface area contributed by atoms with Crippen molar-refractivity contribution in [3.8, 4) is 0 Å². The molecule has 1 heterocycles. The van der Waals surface area contributed by atoms with Crippen LogP contribution in [0.15, 0.2) is 18.2 Å². The van der Waals surface area contributed by atoms with Crippen molar-refractivity contribution >= 4 is 11.8 Å². The molecular formula is C11H14N2O2. The van der Waals surface area contributed by atoms with Crippen LogP contribution in [0.4, 0.5) is 0 Å². The third kappa shape index (κ3) is 2.22. The Kier molecular flexibility index (Phi) is 3.57. The number of benzene rings is 1. The molecule has 3 N–H and O–H groups in total. The number of hydrogen-bond donors (Lipinski definition) is 2. The molecule has 0 saturated carbocycles. The highest BCUT2D eigenvalue weighted by Gasteiger charge is 2.27. The van der Waals surface area contributed by atoms with E-state index >= 15 is 0 Å². The molecule has 0 radical (unpaired) electrons. The molecule has 1 aliphatic heterocycles. The van der Waals surface area contributed by atoms with Gasteiger partial charge >= 0.3 is 0 Å². The number of hydrogen-bond acceptors (Lipinski definition) is 3. The standard InChI is InChI=1S/C9H7NO2.C2H7N/c1-5-3-2-4-6-7(5)9(12)10-8(6)11;1-2-3/h2-4H,1H3,(H,10,11,12);2-3H2,1H3. The third-order valence-electron chi connectivity index (χ3n) is 1.97. The van der Waals surface area contributed by atoms with Crippen LogP contribution in [0.3, 0.4) is 0 Å². The fraction of sp³-hybridized carbons (Fsp3) is 0.273. The molecule has 0 aliphatic carbocycles. The Morgan fingerprint density at radius 1 is 1.27 bits per heavy atom. The monoisotopic (exact) mass is 206 g/mol. The SMILES string of the molecule is CCN.Cc1cccc2c1C(=O)NC2=O. The smallest absolute Gasteiger partial charge is 0.259 e. The van der Waals surface area contributed by atoms with Gasteiger partial charge in [0.25, 0.3) is 11.8 Å². The highest BCUT2D eigenvalue weighted by molar-refractivity contribution is 6.22. The lowest BCUT2D eigenvalue weighted by Crippen LogP contribution is -2.20. The van der Waals surface area contributed by atoms with Crippen molar-refractivity contribution in [2.24, 2.45) is 5.73 Å². The van der Waals surface area contributed by atoms with E-state index in [-0.39, 0.29) is 11.8 Å². The molecule has 1 aliphatic rings. The minimum Gasteiger partial charge on any atom is -0.331 e. The van der Waals surface area contributed by atoms with Gasteiger partial charge in [-0.3, -0.25) is 14.9 Å². The van der Waals surface area contributed by atoms with Gasteiger partial charge in [-0.05, 0) is 25.1 Å². The zero-order valence-corrected chi connectivity index (χ0v) is 8.83. The van der Waals surface area contributed by atoms with Crippen molar-refractivity contribution in [1.29, 1.82) is 0 Å². The van der Waals surface area contributed by atoms with Gasteiger partial charge in [0.1, 0.15) is 0 Å². The summed E-state index contributed by atoms with van der Waals surface area (Å²) in [6.07, 6.45) is 0. The Morgan fingerprint density at radius 3 is 2.40 bits per heavy atom. The van der Waals surface area contributed by atoms with E-state index in [1.807, 2.05) is 19.9 Å². The van der Waals surface area contributed by atoms with Crippen molar-refractivity contribution < 1.29 is 9.59 Å². The summed E-state index contributed by atoms with van der Waals surface area (Å²) in [5.41, 5.74) is 6.69. The minimum absolute atomic E-state index is 0.284. The topological polar surface area (TPSA) is 72.2 Å². The number of aryl methyl sites for hydroxylation is 1. The lowest BCUT2D eigenvalue weighted by atomic mass is 10.0. The van der Waals surface area contributed by atoms with Crippen molar-refractivity contribution in [2.75, 3.05) is 6.54 Å². The molecule has 0 aromatic heterocycles. The number of amides is 2. The largest absolute Gasteiger partial charge is 0.331 e. The number of carbonyl (C=O) groups is 2. The maximum atomic E-state index is 11.2. The molecule has 0 saturated heterocycles. The average molecular weight is 206 g/mol. The van der Waals surface area contributed by atoms with Crippen molar-refractivity contribution in [1.82, 2.24) is 5.32 Å². The summed E-state index contributed by atoms with van der Waals surface area (Å²) in [6, 6.07) is 5.24. The summed E-state index contributed by atoms with van der Waals surface area (Å²) in [6.45, 7) is 4.47. The predicted octanol–water partition coefficient (Wildman–Crippen LogP) is 0.844. The molecule has 4 heteroatoms. The van der Waals surface area contributed by atoms with Crippen molar-refractivity contribution in [2.45, 2.75) is 13.8 Å². The highest BCUT2D eigenvalue weighted by Crippen LogP contribution is 2.18. The van der Waals surface area contributed by atoms with Gasteiger partial charge in [-0.15, -0.1) is 0 Å². The van der Waals surface area contributed by atoms with Crippen LogP contribution in [0, 0.1) is 6.92 Å². The molecule has 0 atom stereocenters. The van der Waals surface area contributed by atoms with Crippen LogP contribution in [0.25, 0.3) is 0 Å². The summed E-state index contributed by atoms with van der Waals surface area (Å²) in [7, 11) is 0. The van der Waals surface area contributed by atoms with Crippen LogP contribution in [0.1, 0.15) is 33.2 Å². The summed E-state index contributed by atoms with van der Waals surface area (Å²) in [4.78, 5) is 22.3. The van der Waals surface area contributed by atoms with Gasteiger partial charge in [0, 0.05) is 0 Å². The number of fused-ring (bicyclic) bond motifs is 1. The first-order valence-electron chi connectivity index (χ1n) is 4.77. The first-order valence-corrected chi connectivity index (χ1v) is 4.77. The quantitative estimate of drug-likeness (QED) is 0.618. The lowest BCUT2D eigenvalue weighted by molar-refractivity contribution is 0.0879. The second-order valence-electron chi connectivity index (χ2n) is 3.19. The summed E-state index contributed by atoms with van der Waals surface area (Å²) in [5.74, 6) is -0.577. The molecule has 0 unspecified atom stereocenters. The zero-order chi connectivity index (χ0) is 11.4. The lowest BCUT2D eigenvalue weighted by Gasteiger charge is -1.96. The van der Waals surface area contributed by atoms with Gasteiger partial charge in [0.15, 0.2) is 0 Å². The Balaban J connectivity index is 0.000000337. The maximum Gasteiger partial charge on any atom is 0.259 e. The van der Waals surface area contributed by atoms with Crippen LogP contribution in [-0.4, -0.2) is 18.4 Å². The molecular weight excluding hydrogens is 192 g/mol. The molecule has 1 aromatic rings. The van der Waals surface area contributed by atoms with Crippen molar-refractivity contribution in [3.63, 3.8) is 0 Å². The van der Waals surface area contributed by atoms with Crippen LogP contribution in [0.5, 0.6) is 0 Å². The third-order valence-corrected chi connectivity index (χ3v) is 1.97. The number of nitrogens with two attached hydrogens (primary N) is 1. The molecule has 2 amide bonds. The second kappa shape index (κ2) is 4.70. The fourth-order valence-electron chi connectivity index (χ4n) is 1.39. The summed E-state index contributed by atoms with van der Waals surface area (Å²) >= 11 is 0. The van der Waals surface area contributed by atoms with Gasteiger partial charge in [0.2, 0.25) is 0 Å². The normalized spacial score (nSPS) is 12.7. The Labute approximate surface area is 88.5 Å². The van der Waals surface area contributed by atoms with E-state index in [0.29, 0.717) is 11.1 Å². The molecule has 0 fully saturated rings. The van der Waals surface area contributed by atoms with Crippen LogP contribution in [0.2, 0.25) is 0 Å². The van der Waals surface area contributed by atoms with E-state index in [0.717, 1.165) is 12.1 Å². The van der Waals surface area contributed by atoms with Gasteiger partial charge in [-0.1, -0.05) is 19.1 Å². The number of imide groups is 1. The first-order chi connectivity index (χ1) is 7.11. The Hall–Kier alpha value is -1.68. The van der Waals surface area contributed by atoms with Gasteiger partial charge in [-0.2, -0.15) is 0 Å². The molecule has 80 valence electrons. The van der Waals surface area contributed by atoms with Crippen molar-refractivity contribution in [3.05, 3.63) is 34.9 Å². The van der Waals surface area contributed by atoms with Crippen LogP contribution in [-0.2, 0) is 0 Å². The molecule has 0 bridgehead atoms. The zero-order valence-electron chi connectivity index (χ0n) is 8.83. The maximum absolute atomic E-state index is 11.2. The summed E-state index contributed by atoms with van der Waals surface area (Å²) < 4.78 is 0. The molecule has 2 rings (SSSR count). The molecule has 4 nitrogen and oxygen atoms in total. The highest BCUT2D eigenvalue weighted by atomic mass is 16.2. The fourth-order valence-corrected chi connectivity index (χ4v) is 1.39. The second-order valence-corrected chi connectivity index (χ2v) is 3.19. The van der Waals surface area contributed by atoms with E-state index in [4.69, 9.17) is 5.73 Å². The van der Waals surface area contributed by atoms with E-state index in [2.05, 4.69) is 5.32 Å². The Bertz CT molecular complexity index is 400. The average Bonchev–Trinajstić information content (AvgIpc) is 2.45. The minimum atomic E-state index is -0.293. The predicted molar refractivity (Wildman–Crippen MR) is 57.7 cm³/mol. The van der Waals surface area contributed by atoms with Crippen LogP contribution < -0.4 is 11.1 Å². The van der Waals surface area contributed by atoms with E-state index in [9.17, 15) is 9.59 Å². The van der Waals surface area contributed by atoms with Crippen LogP contribution >= 0.6 is 0 Å². The van der Waals surface area contributed by atoms with Gasteiger partial charge < -0.3 is 5.73 Å². The number of rotatable bonds is 0. The van der Waals surface area contributed by atoms with E-state index in [1.165, 1.54) is 0 Å². The molecule has 1 aromatic carbocycles. The van der Waals surface area contributed by atoms with E-state index < -0.39 is 0 Å². The Morgan fingerprint density at radius 2 is 1.87 bits per heavy atom. The molecule has 15 heavy (non-hydrogen) atoms. The summed E-state index contributed by atoms with van der Waals surface area (Å²) in [5, 5.41) is 2.25. The first kappa shape index (κ1) is 11.4. The van der Waals surface area contributed by atoms with Gasteiger partial charge in [-0.25, -0.2) is 0 Å². The number of carbonyl (C=O) groups excluding carboxylic acids is 2. The number of nitrogens with one attached hydrogen (secondary N) is 1. The molecule has 0 spiro atoms. The van der Waals surface area contributed by atoms with E-state index in [1.54, 1.807) is 12.1 Å². The van der Waals surface area contributed by atoms with Gasteiger partial charge in [0.05, 0.1) is 11.1 Å².